The summed E-state index contributed by atoms with van der Waals surface area (Å²) in [7, 11) is 5.27. The standard InChI is InChI=1S/C11H23N3O3/c1-12(2)11(16)13(3)4-5-14-6-7-17-9-10(14)8-15/h10,15H,4-9H2,1-3H3. The summed E-state index contributed by atoms with van der Waals surface area (Å²) in [4.78, 5) is 17.0. The smallest absolute Gasteiger partial charge is 0.319 e. The maximum absolute atomic E-state index is 11.6. The van der Waals surface area contributed by atoms with Gasteiger partial charge >= 0.3 is 6.03 Å². The molecule has 0 aromatic rings. The van der Waals surface area contributed by atoms with E-state index in [1.165, 1.54) is 0 Å². The van der Waals surface area contributed by atoms with Crippen LogP contribution in [0.3, 0.4) is 0 Å². The lowest BCUT2D eigenvalue weighted by atomic mass is 10.2. The van der Waals surface area contributed by atoms with Crippen LogP contribution in [0.15, 0.2) is 0 Å². The van der Waals surface area contributed by atoms with Crippen molar-refractivity contribution in [3.63, 3.8) is 0 Å². The lowest BCUT2D eigenvalue weighted by Gasteiger charge is -2.35. The Hall–Kier alpha value is -0.850. The molecule has 1 fully saturated rings. The van der Waals surface area contributed by atoms with Gasteiger partial charge in [-0.05, 0) is 0 Å². The highest BCUT2D eigenvalue weighted by molar-refractivity contribution is 5.73. The molecule has 6 heteroatoms. The molecule has 2 amide bonds. The Morgan fingerprint density at radius 3 is 2.76 bits per heavy atom. The Labute approximate surface area is 103 Å². The predicted molar refractivity (Wildman–Crippen MR) is 65.0 cm³/mol. The van der Waals surface area contributed by atoms with E-state index in [0.29, 0.717) is 19.8 Å². The van der Waals surface area contributed by atoms with Crippen molar-refractivity contribution in [2.45, 2.75) is 6.04 Å². The summed E-state index contributed by atoms with van der Waals surface area (Å²) < 4.78 is 5.31. The highest BCUT2D eigenvalue weighted by Crippen LogP contribution is 2.06. The minimum atomic E-state index is -0.00110. The molecule has 17 heavy (non-hydrogen) atoms. The van der Waals surface area contributed by atoms with E-state index >= 15 is 0 Å². The Balaban J connectivity index is 2.35. The zero-order valence-electron chi connectivity index (χ0n) is 10.9. The summed E-state index contributed by atoms with van der Waals surface area (Å²) in [6, 6.07) is 0.0606. The Morgan fingerprint density at radius 2 is 2.18 bits per heavy atom. The number of urea groups is 1. The number of ether oxygens (including phenoxy) is 1. The fraction of sp³-hybridized carbons (Fsp3) is 0.909. The molecule has 0 spiro atoms. The molecule has 1 unspecified atom stereocenters. The molecule has 1 saturated heterocycles. The van der Waals surface area contributed by atoms with Gasteiger partial charge in [0.1, 0.15) is 0 Å². The molecule has 100 valence electrons. The first-order valence-corrected chi connectivity index (χ1v) is 5.91. The van der Waals surface area contributed by atoms with Gasteiger partial charge in [0.15, 0.2) is 0 Å². The molecule has 0 aliphatic carbocycles. The van der Waals surface area contributed by atoms with Crippen molar-refractivity contribution >= 4 is 6.03 Å². The van der Waals surface area contributed by atoms with Gasteiger partial charge in [-0.3, -0.25) is 4.90 Å². The lowest BCUT2D eigenvalue weighted by Crippen LogP contribution is -2.50. The molecular weight excluding hydrogens is 222 g/mol. The van der Waals surface area contributed by atoms with Gasteiger partial charge in [0.25, 0.3) is 0 Å². The summed E-state index contributed by atoms with van der Waals surface area (Å²) >= 11 is 0. The molecule has 6 nitrogen and oxygen atoms in total. The van der Waals surface area contributed by atoms with Gasteiger partial charge in [0.05, 0.1) is 25.9 Å². The number of likely N-dealkylation sites (N-methyl/N-ethyl adjacent to an activating group) is 1. The molecule has 1 heterocycles. The van der Waals surface area contributed by atoms with Gasteiger partial charge in [-0.1, -0.05) is 0 Å². The number of aliphatic hydroxyl groups excluding tert-OH is 1. The van der Waals surface area contributed by atoms with Gasteiger partial charge in [-0.15, -0.1) is 0 Å². The van der Waals surface area contributed by atoms with Gasteiger partial charge in [-0.25, -0.2) is 4.79 Å². The third-order valence-corrected chi connectivity index (χ3v) is 2.99. The van der Waals surface area contributed by atoms with Gasteiger partial charge < -0.3 is 19.6 Å². The van der Waals surface area contributed by atoms with Crippen molar-refractivity contribution in [2.24, 2.45) is 0 Å². The number of nitrogens with zero attached hydrogens (tertiary/aromatic N) is 3. The van der Waals surface area contributed by atoms with E-state index in [1.54, 1.807) is 30.9 Å². The quantitative estimate of drug-likeness (QED) is 0.711. The van der Waals surface area contributed by atoms with Crippen LogP contribution in [0.1, 0.15) is 0 Å². The van der Waals surface area contributed by atoms with E-state index in [9.17, 15) is 9.90 Å². The van der Waals surface area contributed by atoms with Crippen molar-refractivity contribution in [2.75, 3.05) is 60.6 Å². The van der Waals surface area contributed by atoms with Crippen LogP contribution in [-0.4, -0.2) is 92.5 Å². The first-order valence-electron chi connectivity index (χ1n) is 5.91. The summed E-state index contributed by atoms with van der Waals surface area (Å²) in [5.74, 6) is 0. The van der Waals surface area contributed by atoms with E-state index in [-0.39, 0.29) is 18.7 Å². The molecule has 1 aliphatic rings. The summed E-state index contributed by atoms with van der Waals surface area (Å²) in [6.45, 7) is 3.61. The number of carbonyl (C=O) groups is 1. The average molecular weight is 245 g/mol. The third-order valence-electron chi connectivity index (χ3n) is 2.99. The van der Waals surface area contributed by atoms with Gasteiger partial charge in [0, 0.05) is 40.8 Å². The van der Waals surface area contributed by atoms with Crippen LogP contribution in [0.4, 0.5) is 4.79 Å². The average Bonchev–Trinajstić information content (AvgIpc) is 2.35. The van der Waals surface area contributed by atoms with Gasteiger partial charge in [-0.2, -0.15) is 0 Å². The van der Waals surface area contributed by atoms with Crippen molar-refractivity contribution in [3.05, 3.63) is 0 Å². The first-order chi connectivity index (χ1) is 8.06. The number of hydrogen-bond donors (Lipinski definition) is 1. The normalized spacial score (nSPS) is 21.3. The fourth-order valence-corrected chi connectivity index (χ4v) is 1.87. The number of rotatable bonds is 4. The number of morpholine rings is 1. The molecule has 1 aliphatic heterocycles. The van der Waals surface area contributed by atoms with E-state index < -0.39 is 0 Å². The van der Waals surface area contributed by atoms with Crippen LogP contribution < -0.4 is 0 Å². The topological polar surface area (TPSA) is 56.3 Å². The number of hydrogen-bond acceptors (Lipinski definition) is 4. The summed E-state index contributed by atoms with van der Waals surface area (Å²) in [5, 5.41) is 9.21. The molecular formula is C11H23N3O3. The molecule has 0 radical (unpaired) electrons. The minimum absolute atomic E-state index is 0.00110. The molecule has 1 rings (SSSR count). The van der Waals surface area contributed by atoms with E-state index in [2.05, 4.69) is 4.90 Å². The van der Waals surface area contributed by atoms with Crippen molar-refractivity contribution < 1.29 is 14.6 Å². The van der Waals surface area contributed by atoms with E-state index in [0.717, 1.165) is 13.1 Å². The van der Waals surface area contributed by atoms with Crippen LogP contribution >= 0.6 is 0 Å². The van der Waals surface area contributed by atoms with Crippen LogP contribution in [0, 0.1) is 0 Å². The highest BCUT2D eigenvalue weighted by Gasteiger charge is 2.22. The highest BCUT2D eigenvalue weighted by atomic mass is 16.5. The zero-order chi connectivity index (χ0) is 12.8. The van der Waals surface area contributed by atoms with E-state index in [4.69, 9.17) is 4.74 Å². The maximum Gasteiger partial charge on any atom is 0.319 e. The molecule has 0 aromatic heterocycles. The lowest BCUT2D eigenvalue weighted by molar-refractivity contribution is -0.0288. The maximum atomic E-state index is 11.6. The summed E-state index contributed by atoms with van der Waals surface area (Å²) in [5.41, 5.74) is 0. The van der Waals surface area contributed by atoms with Crippen molar-refractivity contribution in [1.29, 1.82) is 0 Å². The largest absolute Gasteiger partial charge is 0.395 e. The Kier molecular flexibility index (Phi) is 5.67. The minimum Gasteiger partial charge on any atom is -0.395 e. The Morgan fingerprint density at radius 1 is 1.47 bits per heavy atom. The summed E-state index contributed by atoms with van der Waals surface area (Å²) in [6.07, 6.45) is 0. The first kappa shape index (κ1) is 14.2. The molecule has 1 N–H and O–H groups in total. The number of amides is 2. The van der Waals surface area contributed by atoms with Crippen molar-refractivity contribution in [1.82, 2.24) is 14.7 Å². The SMILES string of the molecule is CN(C)C(=O)N(C)CCN1CCOCC1CO. The number of carbonyl (C=O) groups excluding carboxylic acids is 1. The van der Waals surface area contributed by atoms with Crippen LogP contribution in [0.5, 0.6) is 0 Å². The molecule has 0 saturated carbocycles. The second-order valence-corrected chi connectivity index (χ2v) is 4.55. The zero-order valence-corrected chi connectivity index (χ0v) is 10.9. The molecule has 1 atom stereocenters. The second-order valence-electron chi connectivity index (χ2n) is 4.55. The monoisotopic (exact) mass is 245 g/mol. The number of aliphatic hydroxyl groups is 1. The van der Waals surface area contributed by atoms with Gasteiger partial charge in [0.2, 0.25) is 0 Å². The van der Waals surface area contributed by atoms with E-state index in [1.807, 2.05) is 0 Å². The fourth-order valence-electron chi connectivity index (χ4n) is 1.87. The second kappa shape index (κ2) is 6.78. The predicted octanol–water partition coefficient (Wildman–Crippen LogP) is -0.707. The van der Waals surface area contributed by atoms with Crippen LogP contribution in [0.25, 0.3) is 0 Å². The molecule has 0 aromatic carbocycles. The Bertz CT molecular complexity index is 248. The molecule has 0 bridgehead atoms. The van der Waals surface area contributed by atoms with Crippen molar-refractivity contribution in [3.8, 4) is 0 Å². The van der Waals surface area contributed by atoms with Crippen LogP contribution in [0.2, 0.25) is 0 Å². The van der Waals surface area contributed by atoms with Crippen LogP contribution in [-0.2, 0) is 4.74 Å². The third kappa shape index (κ3) is 4.14.